The van der Waals surface area contributed by atoms with Crippen molar-refractivity contribution in [2.24, 2.45) is 0 Å². The SMILES string of the molecule is N#Cc1cccc(-c2nnc(-c3cccnc3)o2)c1.O=C(O)C(F)(F)F. The average molecular weight is 362 g/mol. The Morgan fingerprint density at radius 1 is 1.12 bits per heavy atom. The van der Waals surface area contributed by atoms with Gasteiger partial charge in [0.25, 0.3) is 0 Å². The number of halogens is 3. The normalized spacial score (nSPS) is 10.4. The Kier molecular flexibility index (Phi) is 5.64. The van der Waals surface area contributed by atoms with Crippen molar-refractivity contribution >= 4 is 5.97 Å². The number of hydrogen-bond acceptors (Lipinski definition) is 6. The highest BCUT2D eigenvalue weighted by Crippen LogP contribution is 2.23. The summed E-state index contributed by atoms with van der Waals surface area (Å²) in [6, 6.07) is 12.8. The maximum absolute atomic E-state index is 10.6. The molecule has 10 heteroatoms. The molecule has 3 rings (SSSR count). The van der Waals surface area contributed by atoms with E-state index in [1.165, 1.54) is 0 Å². The first-order valence-corrected chi connectivity index (χ1v) is 6.86. The van der Waals surface area contributed by atoms with Crippen LogP contribution in [0.4, 0.5) is 13.2 Å². The quantitative estimate of drug-likeness (QED) is 0.744. The van der Waals surface area contributed by atoms with Crippen LogP contribution in [0, 0.1) is 11.3 Å². The van der Waals surface area contributed by atoms with Gasteiger partial charge in [0.15, 0.2) is 0 Å². The van der Waals surface area contributed by atoms with Gasteiger partial charge in [-0.05, 0) is 30.3 Å². The maximum Gasteiger partial charge on any atom is 0.490 e. The molecular weight excluding hydrogens is 353 g/mol. The number of carboxylic acid groups (broad SMARTS) is 1. The third kappa shape index (κ3) is 4.88. The largest absolute Gasteiger partial charge is 0.490 e. The van der Waals surface area contributed by atoms with E-state index in [1.54, 1.807) is 36.7 Å². The first-order valence-electron chi connectivity index (χ1n) is 6.86. The van der Waals surface area contributed by atoms with Crippen molar-refractivity contribution in [2.75, 3.05) is 0 Å². The van der Waals surface area contributed by atoms with Crippen molar-refractivity contribution in [3.05, 3.63) is 54.4 Å². The topological polar surface area (TPSA) is 113 Å². The number of nitriles is 1. The molecule has 0 aliphatic heterocycles. The lowest BCUT2D eigenvalue weighted by Gasteiger charge is -1.95. The summed E-state index contributed by atoms with van der Waals surface area (Å²) in [6.45, 7) is 0. The molecule has 0 atom stereocenters. The van der Waals surface area contributed by atoms with Crippen molar-refractivity contribution in [1.82, 2.24) is 15.2 Å². The molecule has 2 aromatic heterocycles. The fraction of sp³-hybridized carbons (Fsp3) is 0.0625. The number of hydrogen-bond donors (Lipinski definition) is 1. The van der Waals surface area contributed by atoms with Crippen LogP contribution in [0.1, 0.15) is 5.56 Å². The summed E-state index contributed by atoms with van der Waals surface area (Å²) in [7, 11) is 0. The average Bonchev–Trinajstić information content (AvgIpc) is 3.12. The second kappa shape index (κ2) is 7.89. The van der Waals surface area contributed by atoms with Gasteiger partial charge in [-0.1, -0.05) is 6.07 Å². The van der Waals surface area contributed by atoms with Crippen molar-refractivity contribution in [3.63, 3.8) is 0 Å². The van der Waals surface area contributed by atoms with Gasteiger partial charge in [0.1, 0.15) is 0 Å². The fourth-order valence-electron chi connectivity index (χ4n) is 1.67. The molecule has 1 N–H and O–H groups in total. The first kappa shape index (κ1) is 18.6. The number of carboxylic acids is 1. The summed E-state index contributed by atoms with van der Waals surface area (Å²) in [4.78, 5) is 12.9. The van der Waals surface area contributed by atoms with Crippen LogP contribution in [-0.4, -0.2) is 32.4 Å². The number of rotatable bonds is 2. The highest BCUT2D eigenvalue weighted by atomic mass is 19.4. The summed E-state index contributed by atoms with van der Waals surface area (Å²) in [5.74, 6) is -1.96. The lowest BCUT2D eigenvalue weighted by molar-refractivity contribution is -0.192. The van der Waals surface area contributed by atoms with Crippen LogP contribution in [0.2, 0.25) is 0 Å². The number of aromatic nitrogens is 3. The van der Waals surface area contributed by atoms with Crippen LogP contribution in [0.5, 0.6) is 0 Å². The van der Waals surface area contributed by atoms with Crippen LogP contribution in [-0.2, 0) is 4.79 Å². The Hall–Kier alpha value is -3.74. The molecule has 0 aliphatic carbocycles. The molecule has 1 aromatic carbocycles. The monoisotopic (exact) mass is 362 g/mol. The minimum Gasteiger partial charge on any atom is -0.475 e. The molecule has 0 unspecified atom stereocenters. The standard InChI is InChI=1S/C14H8N4O.C2HF3O2/c15-8-10-3-1-4-11(7-10)13-17-18-14(19-13)12-5-2-6-16-9-12;3-2(4,5)1(6)7/h1-7,9H;(H,6,7). The molecule has 3 aromatic rings. The van der Waals surface area contributed by atoms with Crippen molar-refractivity contribution in [3.8, 4) is 29.0 Å². The molecular formula is C16H9F3N4O3. The summed E-state index contributed by atoms with van der Waals surface area (Å²) in [6.07, 6.45) is -1.75. The molecule has 0 bridgehead atoms. The molecule has 0 saturated heterocycles. The van der Waals surface area contributed by atoms with E-state index in [1.807, 2.05) is 12.1 Å². The van der Waals surface area contributed by atoms with Gasteiger partial charge in [-0.25, -0.2) is 4.79 Å². The minimum atomic E-state index is -5.08. The Morgan fingerprint density at radius 3 is 2.27 bits per heavy atom. The smallest absolute Gasteiger partial charge is 0.475 e. The predicted octanol–water partition coefficient (Wildman–Crippen LogP) is 3.30. The van der Waals surface area contributed by atoms with Crippen LogP contribution < -0.4 is 0 Å². The van der Waals surface area contributed by atoms with Crippen LogP contribution in [0.25, 0.3) is 22.9 Å². The molecule has 0 saturated carbocycles. The fourth-order valence-corrected chi connectivity index (χ4v) is 1.67. The lowest BCUT2D eigenvalue weighted by atomic mass is 10.1. The van der Waals surface area contributed by atoms with E-state index >= 15 is 0 Å². The number of carbonyl (C=O) groups is 1. The van der Waals surface area contributed by atoms with Gasteiger partial charge in [-0.2, -0.15) is 18.4 Å². The zero-order valence-electron chi connectivity index (χ0n) is 12.8. The summed E-state index contributed by atoms with van der Waals surface area (Å²) >= 11 is 0. The van der Waals surface area contributed by atoms with Gasteiger partial charge >= 0.3 is 12.1 Å². The summed E-state index contributed by atoms with van der Waals surface area (Å²) in [5.41, 5.74) is 2.04. The molecule has 2 heterocycles. The highest BCUT2D eigenvalue weighted by molar-refractivity contribution is 5.73. The summed E-state index contributed by atoms with van der Waals surface area (Å²) < 4.78 is 37.3. The van der Waals surface area contributed by atoms with Gasteiger partial charge in [0.05, 0.1) is 17.2 Å². The van der Waals surface area contributed by atoms with E-state index in [2.05, 4.69) is 21.3 Å². The van der Waals surface area contributed by atoms with Gasteiger partial charge in [-0.15, -0.1) is 10.2 Å². The summed E-state index contributed by atoms with van der Waals surface area (Å²) in [5, 5.41) is 24.0. The highest BCUT2D eigenvalue weighted by Gasteiger charge is 2.38. The number of nitrogens with zero attached hydrogens (tertiary/aromatic N) is 4. The molecule has 0 amide bonds. The lowest BCUT2D eigenvalue weighted by Crippen LogP contribution is -2.21. The van der Waals surface area contributed by atoms with Crippen molar-refractivity contribution in [2.45, 2.75) is 6.18 Å². The van der Waals surface area contributed by atoms with Crippen LogP contribution in [0.15, 0.2) is 53.2 Å². The van der Waals surface area contributed by atoms with Gasteiger partial charge in [-0.3, -0.25) is 4.98 Å². The molecule has 0 radical (unpaired) electrons. The number of pyridine rings is 1. The predicted molar refractivity (Wildman–Crippen MR) is 81.4 cm³/mol. The van der Waals surface area contributed by atoms with E-state index in [-0.39, 0.29) is 0 Å². The number of aliphatic carboxylic acids is 1. The van der Waals surface area contributed by atoms with E-state index in [9.17, 15) is 13.2 Å². The zero-order chi connectivity index (χ0) is 19.2. The van der Waals surface area contributed by atoms with Gasteiger partial charge in [0.2, 0.25) is 11.8 Å². The van der Waals surface area contributed by atoms with Crippen LogP contribution in [0.3, 0.4) is 0 Å². The van der Waals surface area contributed by atoms with Crippen molar-refractivity contribution in [1.29, 1.82) is 5.26 Å². The van der Waals surface area contributed by atoms with E-state index in [0.717, 1.165) is 11.1 Å². The Balaban J connectivity index is 0.000000298. The minimum absolute atomic E-state index is 0.385. The molecule has 132 valence electrons. The third-order valence-corrected chi connectivity index (χ3v) is 2.81. The van der Waals surface area contributed by atoms with E-state index < -0.39 is 12.1 Å². The molecule has 0 fully saturated rings. The molecule has 7 nitrogen and oxygen atoms in total. The second-order valence-electron chi connectivity index (χ2n) is 4.65. The van der Waals surface area contributed by atoms with Crippen molar-refractivity contribution < 1.29 is 27.5 Å². The Labute approximate surface area is 144 Å². The number of alkyl halides is 3. The first-order chi connectivity index (χ1) is 12.3. The Morgan fingerprint density at radius 2 is 1.73 bits per heavy atom. The zero-order valence-corrected chi connectivity index (χ0v) is 12.8. The second-order valence-corrected chi connectivity index (χ2v) is 4.65. The van der Waals surface area contributed by atoms with E-state index in [0.29, 0.717) is 17.3 Å². The maximum atomic E-state index is 10.6. The van der Waals surface area contributed by atoms with E-state index in [4.69, 9.17) is 19.6 Å². The molecule has 0 aliphatic rings. The molecule has 0 spiro atoms. The van der Waals surface area contributed by atoms with Crippen LogP contribution >= 0.6 is 0 Å². The van der Waals surface area contributed by atoms with Gasteiger partial charge < -0.3 is 9.52 Å². The number of benzene rings is 1. The Bertz CT molecular complexity index is 934. The third-order valence-electron chi connectivity index (χ3n) is 2.81. The molecule has 26 heavy (non-hydrogen) atoms. The van der Waals surface area contributed by atoms with Gasteiger partial charge in [0, 0.05) is 18.0 Å².